The van der Waals surface area contributed by atoms with Crippen LogP contribution in [0.5, 0.6) is 0 Å². The molecule has 1 saturated carbocycles. The van der Waals surface area contributed by atoms with E-state index in [-0.39, 0.29) is 11.6 Å². The lowest BCUT2D eigenvalue weighted by Crippen LogP contribution is -2.41. The number of benzene rings is 2. The highest BCUT2D eigenvalue weighted by molar-refractivity contribution is 7.89. The Morgan fingerprint density at radius 1 is 1.06 bits per heavy atom. The molecule has 2 aromatic rings. The Morgan fingerprint density at radius 2 is 1.90 bits per heavy atom. The molecular formula is C25H31FN2O2S. The molecule has 31 heavy (non-hydrogen) atoms. The third kappa shape index (κ3) is 5.18. The Balaban J connectivity index is 1.35. The Morgan fingerprint density at radius 3 is 2.61 bits per heavy atom. The minimum absolute atomic E-state index is 0.186. The summed E-state index contributed by atoms with van der Waals surface area (Å²) in [5.74, 6) is 1.25. The smallest absolute Gasteiger partial charge is 0.212 e. The number of rotatable bonds is 9. The molecule has 3 aliphatic rings. The third-order valence-electron chi connectivity index (χ3n) is 7.10. The van der Waals surface area contributed by atoms with Crippen molar-refractivity contribution in [3.8, 4) is 0 Å². The van der Waals surface area contributed by atoms with Crippen LogP contribution in [0.2, 0.25) is 0 Å². The van der Waals surface area contributed by atoms with Gasteiger partial charge in [0.25, 0.3) is 0 Å². The van der Waals surface area contributed by atoms with Crippen LogP contribution >= 0.6 is 0 Å². The van der Waals surface area contributed by atoms with E-state index in [2.05, 4.69) is 27.8 Å². The zero-order chi connectivity index (χ0) is 21.4. The van der Waals surface area contributed by atoms with E-state index in [0.717, 1.165) is 43.4 Å². The van der Waals surface area contributed by atoms with Gasteiger partial charge in [0.2, 0.25) is 10.0 Å². The molecule has 2 unspecified atom stereocenters. The Hall–Kier alpha value is -1.76. The Kier molecular flexibility index (Phi) is 5.88. The molecule has 1 saturated heterocycles. The van der Waals surface area contributed by atoms with Gasteiger partial charge < -0.3 is 4.90 Å². The fourth-order valence-electron chi connectivity index (χ4n) is 5.09. The van der Waals surface area contributed by atoms with Crippen molar-refractivity contribution in [1.29, 1.82) is 0 Å². The van der Waals surface area contributed by atoms with Crippen LogP contribution in [0.4, 0.5) is 4.39 Å². The van der Waals surface area contributed by atoms with E-state index in [1.807, 2.05) is 6.07 Å². The molecule has 4 nitrogen and oxygen atoms in total. The summed E-state index contributed by atoms with van der Waals surface area (Å²) in [6, 6.07) is 13.4. The molecule has 1 heterocycles. The zero-order valence-electron chi connectivity index (χ0n) is 17.9. The molecule has 166 valence electrons. The summed E-state index contributed by atoms with van der Waals surface area (Å²) in [5, 5.41) is 0. The number of hydrogen-bond acceptors (Lipinski definition) is 3. The van der Waals surface area contributed by atoms with Crippen LogP contribution in [-0.2, 0) is 29.4 Å². The molecule has 0 aromatic heterocycles. The lowest BCUT2D eigenvalue weighted by Gasteiger charge is -2.35. The number of likely N-dealkylation sites (tertiary alicyclic amines) is 1. The first-order valence-electron chi connectivity index (χ1n) is 11.5. The number of fused-ring (bicyclic) bond motifs is 1. The van der Waals surface area contributed by atoms with Crippen molar-refractivity contribution in [2.24, 2.45) is 11.8 Å². The summed E-state index contributed by atoms with van der Waals surface area (Å²) in [6.45, 7) is 3.77. The number of nitrogens with zero attached hydrogens (tertiary/aromatic N) is 1. The molecular weight excluding hydrogens is 411 g/mol. The maximum Gasteiger partial charge on any atom is 0.212 e. The molecule has 1 aliphatic heterocycles. The summed E-state index contributed by atoms with van der Waals surface area (Å²) in [4.78, 5) is 2.52. The average Bonchev–Trinajstić information content (AvgIpc) is 3.44. The first kappa shape index (κ1) is 21.1. The van der Waals surface area contributed by atoms with Crippen LogP contribution in [0.1, 0.15) is 47.4 Å². The van der Waals surface area contributed by atoms with E-state index < -0.39 is 10.0 Å². The Labute approximate surface area is 184 Å². The van der Waals surface area contributed by atoms with Crippen molar-refractivity contribution in [2.75, 3.05) is 25.4 Å². The van der Waals surface area contributed by atoms with Crippen molar-refractivity contribution in [1.82, 2.24) is 9.62 Å². The van der Waals surface area contributed by atoms with Gasteiger partial charge in [-0.3, -0.25) is 0 Å². The number of halogens is 1. The average molecular weight is 443 g/mol. The fraction of sp³-hybridized carbons (Fsp3) is 0.520. The lowest BCUT2D eigenvalue weighted by atomic mass is 9.85. The van der Waals surface area contributed by atoms with Crippen molar-refractivity contribution < 1.29 is 12.8 Å². The van der Waals surface area contributed by atoms with E-state index in [4.69, 9.17) is 0 Å². The minimum atomic E-state index is -3.22. The highest BCUT2D eigenvalue weighted by atomic mass is 32.2. The molecule has 0 radical (unpaired) electrons. The predicted molar refractivity (Wildman–Crippen MR) is 121 cm³/mol. The van der Waals surface area contributed by atoms with E-state index in [9.17, 15) is 12.8 Å². The molecule has 0 spiro atoms. The summed E-state index contributed by atoms with van der Waals surface area (Å²) in [5.41, 5.74) is 4.71. The van der Waals surface area contributed by atoms with Gasteiger partial charge in [0.05, 0.1) is 5.75 Å². The van der Waals surface area contributed by atoms with Crippen LogP contribution in [0.3, 0.4) is 0 Å². The summed E-state index contributed by atoms with van der Waals surface area (Å²) < 4.78 is 41.2. The van der Waals surface area contributed by atoms with Crippen molar-refractivity contribution in [3.05, 3.63) is 70.5 Å². The van der Waals surface area contributed by atoms with Crippen molar-refractivity contribution in [3.63, 3.8) is 0 Å². The number of nitrogens with one attached hydrogen (secondary N) is 1. The van der Waals surface area contributed by atoms with Crippen molar-refractivity contribution >= 4 is 10.0 Å². The predicted octanol–water partition coefficient (Wildman–Crippen LogP) is 3.86. The Bertz CT molecular complexity index is 1050. The van der Waals surface area contributed by atoms with Gasteiger partial charge in [0, 0.05) is 13.1 Å². The highest BCUT2D eigenvalue weighted by Crippen LogP contribution is 2.41. The quantitative estimate of drug-likeness (QED) is 0.642. The van der Waals surface area contributed by atoms with Gasteiger partial charge in [0.1, 0.15) is 5.82 Å². The monoisotopic (exact) mass is 442 g/mol. The largest absolute Gasteiger partial charge is 0.303 e. The van der Waals surface area contributed by atoms with Gasteiger partial charge in [-0.05, 0) is 97.3 Å². The zero-order valence-corrected chi connectivity index (χ0v) is 18.7. The van der Waals surface area contributed by atoms with Crippen LogP contribution in [0.15, 0.2) is 42.5 Å². The van der Waals surface area contributed by atoms with Crippen LogP contribution in [-0.4, -0.2) is 38.7 Å². The molecule has 6 heteroatoms. The minimum Gasteiger partial charge on any atom is -0.303 e. The number of hydrogen-bond donors (Lipinski definition) is 1. The fourth-order valence-corrected chi connectivity index (χ4v) is 6.55. The van der Waals surface area contributed by atoms with Crippen LogP contribution in [0, 0.1) is 17.7 Å². The van der Waals surface area contributed by atoms with E-state index in [0.29, 0.717) is 24.3 Å². The van der Waals surface area contributed by atoms with Gasteiger partial charge in [-0.2, -0.15) is 0 Å². The second-order valence-corrected chi connectivity index (χ2v) is 11.5. The molecule has 0 amide bonds. The van der Waals surface area contributed by atoms with Gasteiger partial charge >= 0.3 is 0 Å². The standard InChI is InChI=1S/C25H31FN2O2S/c26-23-4-1-3-19(11-23)12-25-22(16-28-9-2-10-28)14-21-8-7-20(13-24(21)25)15-27-31(29,30)17-18-5-6-18/h1,3-4,7-8,11,13,18,22,25,27H,2,5-6,9-10,12,14-17H2. The first-order valence-corrected chi connectivity index (χ1v) is 13.2. The molecule has 2 fully saturated rings. The van der Waals surface area contributed by atoms with Crippen molar-refractivity contribution in [2.45, 2.75) is 44.6 Å². The number of sulfonamides is 1. The second kappa shape index (κ2) is 8.64. The first-order chi connectivity index (χ1) is 14.9. The van der Waals surface area contributed by atoms with Gasteiger partial charge in [-0.1, -0.05) is 30.3 Å². The molecule has 2 aromatic carbocycles. The topological polar surface area (TPSA) is 49.4 Å². The summed E-state index contributed by atoms with van der Waals surface area (Å²) in [7, 11) is -3.22. The summed E-state index contributed by atoms with van der Waals surface area (Å²) >= 11 is 0. The second-order valence-electron chi connectivity index (χ2n) is 9.64. The molecule has 0 bridgehead atoms. The van der Waals surface area contributed by atoms with Gasteiger partial charge in [-0.25, -0.2) is 17.5 Å². The van der Waals surface area contributed by atoms with E-state index >= 15 is 0 Å². The maximum absolute atomic E-state index is 13.8. The molecule has 5 rings (SSSR count). The third-order valence-corrected chi connectivity index (χ3v) is 8.59. The molecule has 2 atom stereocenters. The molecule has 2 aliphatic carbocycles. The molecule has 1 N–H and O–H groups in total. The van der Waals surface area contributed by atoms with Crippen LogP contribution in [0.25, 0.3) is 0 Å². The van der Waals surface area contributed by atoms with E-state index in [1.165, 1.54) is 36.7 Å². The maximum atomic E-state index is 13.8. The lowest BCUT2D eigenvalue weighted by molar-refractivity contribution is 0.145. The normalized spacial score (nSPS) is 23.5. The summed E-state index contributed by atoms with van der Waals surface area (Å²) in [6.07, 6.45) is 5.19. The SMILES string of the molecule is O=S(=O)(CC1CC1)NCc1ccc2c(c1)C(Cc1cccc(F)c1)C(CN1CCC1)C2. The highest BCUT2D eigenvalue weighted by Gasteiger charge is 2.35. The van der Waals surface area contributed by atoms with Gasteiger partial charge in [-0.15, -0.1) is 0 Å². The van der Waals surface area contributed by atoms with Crippen LogP contribution < -0.4 is 4.72 Å². The van der Waals surface area contributed by atoms with Gasteiger partial charge in [0.15, 0.2) is 0 Å². The van der Waals surface area contributed by atoms with E-state index in [1.54, 1.807) is 12.1 Å².